The van der Waals surface area contributed by atoms with Gasteiger partial charge in [-0.15, -0.1) is 0 Å². The summed E-state index contributed by atoms with van der Waals surface area (Å²) in [6.07, 6.45) is 1.84. The number of aromatic nitrogens is 2. The van der Waals surface area contributed by atoms with E-state index in [2.05, 4.69) is 10.3 Å². The maximum absolute atomic E-state index is 13.1. The summed E-state index contributed by atoms with van der Waals surface area (Å²) in [7, 11) is 1.53. The van der Waals surface area contributed by atoms with Gasteiger partial charge in [0.25, 0.3) is 5.91 Å². The molecule has 0 saturated heterocycles. The Hall–Kier alpha value is -2.90. The van der Waals surface area contributed by atoms with Crippen LogP contribution in [-0.2, 0) is 0 Å². The number of amides is 1. The Morgan fingerprint density at radius 3 is 2.64 bits per heavy atom. The van der Waals surface area contributed by atoms with Gasteiger partial charge >= 0.3 is 0 Å². The van der Waals surface area contributed by atoms with Crippen LogP contribution in [-0.4, -0.2) is 22.4 Å². The fourth-order valence-electron chi connectivity index (χ4n) is 2.85. The fraction of sp³-hybridized carbons (Fsp3) is 0.100. The van der Waals surface area contributed by atoms with Gasteiger partial charge in [0.05, 0.1) is 17.8 Å². The second-order valence-electron chi connectivity index (χ2n) is 6.11. The highest BCUT2D eigenvalue weighted by molar-refractivity contribution is 7.19. The van der Waals surface area contributed by atoms with Crippen LogP contribution in [0.2, 0.25) is 5.02 Å². The number of nitrogens with zero attached hydrogens (tertiary/aromatic N) is 2. The zero-order valence-electron chi connectivity index (χ0n) is 15.0. The first kappa shape index (κ1) is 18.5. The standard InChI is InChI=1S/C20H15ClFN3O2S/c1-11-18(19(26)23-14-7-8-17(27-2)15(21)9-14)28-20-24-16(10-25(11)20)12-3-5-13(22)6-4-12/h3-10H,1-2H3,(H,23,26). The molecule has 2 aromatic heterocycles. The Balaban J connectivity index is 1.61. The third-order valence-corrected chi connectivity index (χ3v) is 5.76. The molecule has 28 heavy (non-hydrogen) atoms. The van der Waals surface area contributed by atoms with Crippen molar-refractivity contribution >= 4 is 39.5 Å². The van der Waals surface area contributed by atoms with Gasteiger partial charge in [-0.3, -0.25) is 9.20 Å². The molecule has 2 heterocycles. The molecule has 0 aliphatic carbocycles. The summed E-state index contributed by atoms with van der Waals surface area (Å²) in [6, 6.07) is 11.2. The maximum Gasteiger partial charge on any atom is 0.267 e. The van der Waals surface area contributed by atoms with Crippen LogP contribution in [0, 0.1) is 12.7 Å². The lowest BCUT2D eigenvalue weighted by Gasteiger charge is -2.07. The lowest BCUT2D eigenvalue weighted by atomic mass is 10.2. The Morgan fingerprint density at radius 1 is 1.25 bits per heavy atom. The van der Waals surface area contributed by atoms with Gasteiger partial charge in [-0.05, 0) is 49.4 Å². The molecule has 5 nitrogen and oxygen atoms in total. The normalized spacial score (nSPS) is 11.0. The first-order valence-electron chi connectivity index (χ1n) is 8.35. The highest BCUT2D eigenvalue weighted by Gasteiger charge is 2.18. The molecule has 0 aliphatic heterocycles. The van der Waals surface area contributed by atoms with E-state index in [9.17, 15) is 9.18 Å². The number of hydrogen-bond acceptors (Lipinski definition) is 4. The lowest BCUT2D eigenvalue weighted by Crippen LogP contribution is -2.11. The minimum absolute atomic E-state index is 0.238. The quantitative estimate of drug-likeness (QED) is 0.484. The van der Waals surface area contributed by atoms with Gasteiger partial charge in [-0.25, -0.2) is 9.37 Å². The van der Waals surface area contributed by atoms with Crippen molar-refractivity contribution in [1.82, 2.24) is 9.38 Å². The Labute approximate surface area is 169 Å². The SMILES string of the molecule is COc1ccc(NC(=O)c2sc3nc(-c4ccc(F)cc4)cn3c2C)cc1Cl. The van der Waals surface area contributed by atoms with E-state index in [1.54, 1.807) is 30.3 Å². The Morgan fingerprint density at radius 2 is 2.00 bits per heavy atom. The van der Waals surface area contributed by atoms with Crippen molar-refractivity contribution in [3.8, 4) is 17.0 Å². The summed E-state index contributed by atoms with van der Waals surface area (Å²) in [4.78, 5) is 18.5. The van der Waals surface area contributed by atoms with Gasteiger partial charge in [0.15, 0.2) is 4.96 Å². The zero-order chi connectivity index (χ0) is 19.8. The van der Waals surface area contributed by atoms with Crippen molar-refractivity contribution < 1.29 is 13.9 Å². The van der Waals surface area contributed by atoms with Crippen LogP contribution in [0.5, 0.6) is 5.75 Å². The predicted octanol–water partition coefficient (Wildman–Crippen LogP) is 5.42. The van der Waals surface area contributed by atoms with Crippen molar-refractivity contribution in [2.45, 2.75) is 6.92 Å². The molecule has 0 aliphatic rings. The molecule has 0 unspecified atom stereocenters. The number of benzene rings is 2. The molecular weight excluding hydrogens is 401 g/mol. The summed E-state index contributed by atoms with van der Waals surface area (Å²) in [5.41, 5.74) is 2.89. The number of imidazole rings is 1. The molecule has 1 amide bonds. The number of rotatable bonds is 4. The van der Waals surface area contributed by atoms with Gasteiger partial charge in [-0.2, -0.15) is 0 Å². The molecular formula is C20H15ClFN3O2S. The molecule has 142 valence electrons. The number of ether oxygens (including phenoxy) is 1. The maximum atomic E-state index is 13.1. The molecule has 0 radical (unpaired) electrons. The lowest BCUT2D eigenvalue weighted by molar-refractivity contribution is 0.102. The zero-order valence-corrected chi connectivity index (χ0v) is 16.6. The molecule has 8 heteroatoms. The third kappa shape index (κ3) is 3.34. The summed E-state index contributed by atoms with van der Waals surface area (Å²) in [6.45, 7) is 1.86. The third-order valence-electron chi connectivity index (χ3n) is 4.31. The topological polar surface area (TPSA) is 55.6 Å². The molecule has 0 fully saturated rings. The number of hydrogen-bond donors (Lipinski definition) is 1. The second-order valence-corrected chi connectivity index (χ2v) is 7.49. The van der Waals surface area contributed by atoms with Crippen LogP contribution in [0.1, 0.15) is 15.4 Å². The number of carbonyl (C=O) groups is 1. The number of anilines is 1. The van der Waals surface area contributed by atoms with Crippen LogP contribution in [0.25, 0.3) is 16.2 Å². The monoisotopic (exact) mass is 415 g/mol. The van der Waals surface area contributed by atoms with Gasteiger partial charge in [0.1, 0.15) is 16.4 Å². The van der Waals surface area contributed by atoms with Crippen molar-refractivity contribution in [3.63, 3.8) is 0 Å². The van der Waals surface area contributed by atoms with Crippen LogP contribution < -0.4 is 10.1 Å². The average molecular weight is 416 g/mol. The van der Waals surface area contributed by atoms with Crippen molar-refractivity contribution in [2.75, 3.05) is 12.4 Å². The number of thiazole rings is 1. The number of halogens is 2. The van der Waals surface area contributed by atoms with Crippen molar-refractivity contribution in [1.29, 1.82) is 0 Å². The number of aryl methyl sites for hydroxylation is 1. The second kappa shape index (κ2) is 7.26. The molecule has 4 aromatic rings. The van der Waals surface area contributed by atoms with Crippen LogP contribution in [0.15, 0.2) is 48.7 Å². The summed E-state index contributed by atoms with van der Waals surface area (Å²) < 4.78 is 20.1. The highest BCUT2D eigenvalue weighted by atomic mass is 35.5. The summed E-state index contributed by atoms with van der Waals surface area (Å²) in [5, 5.41) is 3.26. The molecule has 0 saturated carbocycles. The Kier molecular flexibility index (Phi) is 4.78. The van der Waals surface area contributed by atoms with E-state index in [4.69, 9.17) is 16.3 Å². The van der Waals surface area contributed by atoms with Crippen LogP contribution >= 0.6 is 22.9 Å². The number of fused-ring (bicyclic) bond motifs is 1. The van der Waals surface area contributed by atoms with Gasteiger partial charge < -0.3 is 10.1 Å². The van der Waals surface area contributed by atoms with E-state index in [1.165, 1.54) is 30.6 Å². The highest BCUT2D eigenvalue weighted by Crippen LogP contribution is 2.30. The van der Waals surface area contributed by atoms with E-state index in [0.29, 0.717) is 26.3 Å². The van der Waals surface area contributed by atoms with E-state index in [1.807, 2.05) is 17.5 Å². The average Bonchev–Trinajstić information content (AvgIpc) is 3.22. The minimum atomic E-state index is -0.293. The van der Waals surface area contributed by atoms with Crippen molar-refractivity contribution in [2.24, 2.45) is 0 Å². The Bertz CT molecular complexity index is 1180. The van der Waals surface area contributed by atoms with E-state index < -0.39 is 0 Å². The van der Waals surface area contributed by atoms with Gasteiger partial charge in [-0.1, -0.05) is 22.9 Å². The number of methoxy groups -OCH3 is 1. The smallest absolute Gasteiger partial charge is 0.267 e. The van der Waals surface area contributed by atoms with Gasteiger partial charge in [0.2, 0.25) is 0 Å². The molecule has 4 rings (SSSR count). The molecule has 0 spiro atoms. The van der Waals surface area contributed by atoms with Crippen molar-refractivity contribution in [3.05, 3.63) is 70.1 Å². The summed E-state index contributed by atoms with van der Waals surface area (Å²) >= 11 is 7.40. The van der Waals surface area contributed by atoms with Crippen LogP contribution in [0.4, 0.5) is 10.1 Å². The van der Waals surface area contributed by atoms with Gasteiger partial charge in [0, 0.05) is 23.1 Å². The number of nitrogens with one attached hydrogen (secondary N) is 1. The molecule has 2 aromatic carbocycles. The molecule has 0 bridgehead atoms. The molecule has 0 atom stereocenters. The van der Waals surface area contributed by atoms with Crippen LogP contribution in [0.3, 0.4) is 0 Å². The fourth-order valence-corrected chi connectivity index (χ4v) is 4.11. The predicted molar refractivity (Wildman–Crippen MR) is 109 cm³/mol. The minimum Gasteiger partial charge on any atom is -0.495 e. The largest absolute Gasteiger partial charge is 0.495 e. The molecule has 1 N–H and O–H groups in total. The summed E-state index contributed by atoms with van der Waals surface area (Å²) in [5.74, 6) is 0.00914. The number of carbonyl (C=O) groups excluding carboxylic acids is 1. The van der Waals surface area contributed by atoms with E-state index in [0.717, 1.165) is 17.0 Å². The van der Waals surface area contributed by atoms with E-state index >= 15 is 0 Å². The van der Waals surface area contributed by atoms with E-state index in [-0.39, 0.29) is 11.7 Å². The first-order chi connectivity index (χ1) is 13.5. The first-order valence-corrected chi connectivity index (χ1v) is 9.55.